The molecule has 2 aliphatic carbocycles. The highest BCUT2D eigenvalue weighted by Gasteiger charge is 2.48. The standard InChI is InChI=1S/C10H20.C9H17F3.C9H18.C9H20.2C8H18.2C7H16.C6H14/c1-10(2,3)9-7-5-4-6-8-9;1-7(2,3)6-8(4,5)9(10,11)12;1-9(2,3)8-6-4-5-7-8;1-8(2,3)7-9(4,5)6;1-7(2)6-8(3,4)5;1-6-7(2)8(3,4)5;1-6(2)7(3,4)5;1-5-6-7(2,3)4;1-5-6(2,3)4/h9H,4-8H2,1-3H3;6H2,1-5H3;8H,4-7H2,1-3H3;7H2,1-6H3;2*7H,6H2,1-5H3;6H,1-5H3;5-6H2,1-4H3;5H2,1-4H3/i9D;6D2;8D;7D2;6D2;2D3,6D2,7D;6D;5D2,6D2;5D2. The van der Waals surface area contributed by atoms with Crippen molar-refractivity contribution in [3.05, 3.63) is 0 Å². The summed E-state index contributed by atoms with van der Waals surface area (Å²) in [6.45, 7) is 67.7. The van der Waals surface area contributed by atoms with Crippen molar-refractivity contribution in [2.45, 2.75) is 385 Å². The molecule has 2 fully saturated rings. The van der Waals surface area contributed by atoms with Gasteiger partial charge in [0.05, 0.1) is 5.41 Å². The minimum absolute atomic E-state index is 0.0903. The summed E-state index contributed by atoms with van der Waals surface area (Å²) in [7, 11) is 0. The van der Waals surface area contributed by atoms with E-state index in [0.717, 1.165) is 46.5 Å². The third-order valence-corrected chi connectivity index (χ3v) is 11.4. The van der Waals surface area contributed by atoms with Gasteiger partial charge in [-0.2, -0.15) is 13.2 Å². The Bertz CT molecular complexity index is 1980. The lowest BCUT2D eigenvalue weighted by atomic mass is 9.72. The summed E-state index contributed by atoms with van der Waals surface area (Å²) in [5.41, 5.74) is -5.60. The van der Waals surface area contributed by atoms with Crippen molar-refractivity contribution in [1.29, 1.82) is 0 Å². The van der Waals surface area contributed by atoms with Crippen LogP contribution < -0.4 is 0 Å². The minimum atomic E-state index is -4.54. The zero-order chi connectivity index (χ0) is 81.9. The summed E-state index contributed by atoms with van der Waals surface area (Å²) >= 11 is 0. The third kappa shape index (κ3) is 71.8. The van der Waals surface area contributed by atoms with Crippen molar-refractivity contribution in [3.8, 4) is 0 Å². The normalized spacial score (nSPS) is 23.0. The van der Waals surface area contributed by atoms with Gasteiger partial charge in [0.25, 0.3) is 0 Å². The molecular formula is C73H157F3. The van der Waals surface area contributed by atoms with E-state index in [1.54, 1.807) is 48.5 Å². The summed E-state index contributed by atoms with van der Waals surface area (Å²) in [6, 6.07) is 0. The molecule has 0 amide bonds. The van der Waals surface area contributed by atoms with Gasteiger partial charge in [-0.1, -0.05) is 328 Å². The highest BCUT2D eigenvalue weighted by Crippen LogP contribution is 2.45. The van der Waals surface area contributed by atoms with Gasteiger partial charge in [-0.05, 0) is 135 Å². The van der Waals surface area contributed by atoms with Crippen LogP contribution in [-0.2, 0) is 0 Å². The predicted octanol–water partition coefficient (Wildman–Crippen LogP) is 28.4. The molecule has 2 saturated carbocycles. The minimum Gasteiger partial charge on any atom is -0.171 e. The van der Waals surface area contributed by atoms with Crippen molar-refractivity contribution in [1.82, 2.24) is 0 Å². The van der Waals surface area contributed by atoms with Crippen molar-refractivity contribution < 1.29 is 42.0 Å². The van der Waals surface area contributed by atoms with E-state index in [-0.39, 0.29) is 61.5 Å². The summed E-state index contributed by atoms with van der Waals surface area (Å²) in [5, 5.41) is 0. The van der Waals surface area contributed by atoms with E-state index in [1.165, 1.54) is 59.8 Å². The molecule has 0 saturated heterocycles. The number of alkyl halides is 3. The van der Waals surface area contributed by atoms with Gasteiger partial charge >= 0.3 is 6.18 Å². The first-order valence-corrected chi connectivity index (χ1v) is 29.2. The Hall–Kier alpha value is -0.210. The van der Waals surface area contributed by atoms with Crippen LogP contribution >= 0.6 is 0 Å². The van der Waals surface area contributed by atoms with Crippen LogP contribution in [0.5, 0.6) is 0 Å². The van der Waals surface area contributed by atoms with E-state index < -0.39 is 85.2 Å². The molecule has 1 unspecified atom stereocenters. The third-order valence-electron chi connectivity index (χ3n) is 11.4. The number of halogens is 3. The average molecular weight is 1110 g/mol. The number of hydrogen-bond acceptors (Lipinski definition) is 0. The quantitative estimate of drug-likeness (QED) is 0.263. The van der Waals surface area contributed by atoms with Gasteiger partial charge in [-0.25, -0.2) is 0 Å². The molecular weight excluding hydrogens is 934 g/mol. The van der Waals surface area contributed by atoms with Crippen LogP contribution in [0, 0.1) is 89.1 Å². The lowest BCUT2D eigenvalue weighted by molar-refractivity contribution is -0.220. The van der Waals surface area contributed by atoms with Crippen LogP contribution in [-0.4, -0.2) is 6.18 Å². The van der Waals surface area contributed by atoms with E-state index in [9.17, 15) is 13.2 Å². The smallest absolute Gasteiger partial charge is 0.171 e. The molecule has 0 N–H and O–H groups in total. The van der Waals surface area contributed by atoms with Crippen LogP contribution in [0.25, 0.3) is 0 Å². The van der Waals surface area contributed by atoms with Gasteiger partial charge in [0, 0.05) is 28.8 Å². The Kier molecular flexibility index (Phi) is 26.7. The maximum Gasteiger partial charge on any atom is 0.393 e. The molecule has 76 heavy (non-hydrogen) atoms. The molecule has 0 spiro atoms. The van der Waals surface area contributed by atoms with E-state index in [0.29, 0.717) is 0 Å². The first-order chi connectivity index (χ1) is 40.6. The zero-order valence-corrected chi connectivity index (χ0v) is 59.1. The molecule has 0 aromatic carbocycles. The maximum absolute atomic E-state index is 12.6. The Morgan fingerprint density at radius 2 is 0.737 bits per heavy atom. The lowest BCUT2D eigenvalue weighted by Crippen LogP contribution is -2.35. The van der Waals surface area contributed by atoms with Crippen LogP contribution in [0.2, 0.25) is 0 Å². The summed E-state index contributed by atoms with van der Waals surface area (Å²) < 4.78 is 197. The molecule has 0 aromatic heterocycles. The first kappa shape index (κ1) is 52.6. The molecule has 2 rings (SSSR count). The van der Waals surface area contributed by atoms with Gasteiger partial charge in [-0.3, -0.25) is 0 Å². The molecule has 0 bridgehead atoms. The average Bonchev–Trinajstić information content (AvgIpc) is 1.17. The Morgan fingerprint density at radius 3 is 0.803 bits per heavy atom. The molecule has 0 radical (unpaired) electrons. The number of rotatable bonds is 4. The van der Waals surface area contributed by atoms with Gasteiger partial charge < -0.3 is 0 Å². The molecule has 2 aliphatic rings. The van der Waals surface area contributed by atoms with E-state index >= 15 is 0 Å². The Morgan fingerprint density at radius 1 is 0.447 bits per heavy atom. The van der Waals surface area contributed by atoms with Crippen molar-refractivity contribution in [3.63, 3.8) is 0 Å². The van der Waals surface area contributed by atoms with Crippen LogP contribution in [0.3, 0.4) is 0 Å². The van der Waals surface area contributed by atoms with Crippen molar-refractivity contribution >= 4 is 0 Å². The van der Waals surface area contributed by atoms with E-state index in [1.807, 2.05) is 111 Å². The van der Waals surface area contributed by atoms with Gasteiger partial charge in [0.2, 0.25) is 0 Å². The molecule has 470 valence electrons. The van der Waals surface area contributed by atoms with Crippen LogP contribution in [0.15, 0.2) is 0 Å². The summed E-state index contributed by atoms with van der Waals surface area (Å²) in [6.07, 6.45) is -4.91. The van der Waals surface area contributed by atoms with Gasteiger partial charge in [0.1, 0.15) is 0 Å². The second-order valence-electron chi connectivity index (χ2n) is 32.4. The van der Waals surface area contributed by atoms with E-state index in [2.05, 4.69) is 62.3 Å². The topological polar surface area (TPSA) is 0 Å². The second-order valence-corrected chi connectivity index (χ2v) is 32.4. The summed E-state index contributed by atoms with van der Waals surface area (Å²) in [5.74, 6) is -2.58. The Labute approximate surface area is 515 Å². The second kappa shape index (κ2) is 38.5. The van der Waals surface area contributed by atoms with Gasteiger partial charge in [-0.15, -0.1) is 0 Å². The fourth-order valence-electron chi connectivity index (χ4n) is 7.03. The number of hydrogen-bond donors (Lipinski definition) is 0. The molecule has 0 aromatic rings. The predicted molar refractivity (Wildman–Crippen MR) is 351 cm³/mol. The SMILES string of the molecule is [2H]C(C)(C)C(C)(C)C.[2H]C([2H])(C(C)(C)C)C(C)(C)C.[2H]C([2H])(C(C)(C)C)C(C)(C)C(F)(F)F.[2H]C([2H])(C(C)C)C(C)(C)C.[2H]C([2H])(C)C(C)(C)C.[2H]C([2H])(C)C([2H])([2H])C(C)(C)C.[2H]C([2H])([2H])C([2H])(C([2H])([2H])C)C(C)(C)C.[2H]C1(C(C)(C)C)CCCC1.[2H]C1(C(C)(C)C)CCCCC1. The van der Waals surface area contributed by atoms with E-state index in [4.69, 9.17) is 28.8 Å². The van der Waals surface area contributed by atoms with Crippen molar-refractivity contribution in [2.75, 3.05) is 0 Å². The lowest BCUT2D eigenvalue weighted by Gasteiger charge is -2.34. The largest absolute Gasteiger partial charge is 0.393 e. The Balaban J connectivity index is -0.000000189. The first-order valence-electron chi connectivity index (χ1n) is 39.7. The molecule has 1 atom stereocenters. The van der Waals surface area contributed by atoms with Gasteiger partial charge in [0.15, 0.2) is 0 Å². The van der Waals surface area contributed by atoms with Crippen LogP contribution in [0.1, 0.15) is 408 Å². The zero-order valence-electron chi connectivity index (χ0n) is 80.1. The highest BCUT2D eigenvalue weighted by molar-refractivity contribution is 4.83. The summed E-state index contributed by atoms with van der Waals surface area (Å²) in [4.78, 5) is 0. The van der Waals surface area contributed by atoms with Crippen molar-refractivity contribution in [2.24, 2.45) is 89.1 Å². The fourth-order valence-corrected chi connectivity index (χ4v) is 7.03. The molecule has 0 heterocycles. The maximum atomic E-state index is 12.6. The monoisotopic (exact) mass is 1110 g/mol. The molecule has 3 heteroatoms. The highest BCUT2D eigenvalue weighted by atomic mass is 19.4. The van der Waals surface area contributed by atoms with Crippen LogP contribution in [0.4, 0.5) is 13.2 Å². The molecule has 0 nitrogen and oxygen atoms in total. The fraction of sp³-hybridized carbons (Fsp3) is 1.00. The molecule has 0 aliphatic heterocycles.